The molecule has 0 spiro atoms. The Kier molecular flexibility index (Phi) is 6.59. The van der Waals surface area contributed by atoms with Gasteiger partial charge < -0.3 is 33.2 Å². The highest BCUT2D eigenvalue weighted by atomic mass is 16.5. The van der Waals surface area contributed by atoms with Gasteiger partial charge in [-0.15, -0.1) is 0 Å². The molecule has 38 heavy (non-hydrogen) atoms. The van der Waals surface area contributed by atoms with Crippen LogP contribution in [0.5, 0.6) is 40.2 Å². The third-order valence-electron chi connectivity index (χ3n) is 6.59. The zero-order chi connectivity index (χ0) is 27.0. The Morgan fingerprint density at radius 1 is 0.789 bits per heavy atom. The minimum atomic E-state index is -0.492. The van der Waals surface area contributed by atoms with Crippen molar-refractivity contribution >= 4 is 17.8 Å². The highest BCUT2D eigenvalue weighted by Gasteiger charge is 2.39. The molecule has 9 heteroatoms. The molecule has 0 saturated heterocycles. The van der Waals surface area contributed by atoms with E-state index in [4.69, 9.17) is 33.2 Å². The van der Waals surface area contributed by atoms with Crippen LogP contribution in [0.25, 0.3) is 6.08 Å². The summed E-state index contributed by atoms with van der Waals surface area (Å²) >= 11 is 0. The van der Waals surface area contributed by atoms with E-state index in [0.29, 0.717) is 62.5 Å². The number of ether oxygens (including phenoxy) is 7. The minimum absolute atomic E-state index is 0.0302. The van der Waals surface area contributed by atoms with E-state index in [0.717, 1.165) is 0 Å². The Labute approximate surface area is 219 Å². The Hall–Kier alpha value is -4.66. The number of fused-ring (bicyclic) bond motifs is 3. The summed E-state index contributed by atoms with van der Waals surface area (Å²) in [5.41, 5.74) is 2.29. The summed E-state index contributed by atoms with van der Waals surface area (Å²) in [7, 11) is 7.63. The smallest absolute Gasteiger partial charge is 0.312 e. The summed E-state index contributed by atoms with van der Waals surface area (Å²) < 4.78 is 39.1. The summed E-state index contributed by atoms with van der Waals surface area (Å²) in [6, 6.07) is 12.1. The highest BCUT2D eigenvalue weighted by molar-refractivity contribution is 6.15. The van der Waals surface area contributed by atoms with Gasteiger partial charge in [0.2, 0.25) is 11.5 Å². The van der Waals surface area contributed by atoms with Gasteiger partial charge in [-0.1, -0.05) is 12.1 Å². The van der Waals surface area contributed by atoms with E-state index in [9.17, 15) is 9.59 Å². The van der Waals surface area contributed by atoms with E-state index in [-0.39, 0.29) is 18.0 Å². The van der Waals surface area contributed by atoms with Crippen molar-refractivity contribution in [3.05, 3.63) is 70.5 Å². The molecule has 0 fully saturated rings. The molecule has 0 radical (unpaired) electrons. The number of benzene rings is 3. The number of ketones is 1. The third kappa shape index (κ3) is 4.06. The first-order valence-corrected chi connectivity index (χ1v) is 11.8. The first-order valence-electron chi connectivity index (χ1n) is 11.8. The van der Waals surface area contributed by atoms with E-state index in [1.807, 2.05) is 0 Å². The molecule has 3 aromatic rings. The fourth-order valence-electron chi connectivity index (χ4n) is 4.86. The van der Waals surface area contributed by atoms with Crippen molar-refractivity contribution in [2.24, 2.45) is 0 Å². The monoisotopic (exact) mass is 518 g/mol. The normalized spacial score (nSPS) is 16.8. The number of rotatable bonds is 7. The zero-order valence-corrected chi connectivity index (χ0v) is 21.6. The third-order valence-corrected chi connectivity index (χ3v) is 6.59. The molecule has 2 aliphatic heterocycles. The summed E-state index contributed by atoms with van der Waals surface area (Å²) in [5.74, 6) is 1.89. The van der Waals surface area contributed by atoms with Crippen molar-refractivity contribution in [1.29, 1.82) is 0 Å². The lowest BCUT2D eigenvalue weighted by Crippen LogP contribution is -2.21. The molecule has 1 atom stereocenters. The Morgan fingerprint density at radius 3 is 2.11 bits per heavy atom. The van der Waals surface area contributed by atoms with Crippen LogP contribution in [0.4, 0.5) is 0 Å². The Balaban J connectivity index is 1.63. The molecule has 0 unspecified atom stereocenters. The second kappa shape index (κ2) is 10.0. The average Bonchev–Trinajstić information content (AvgIpc) is 3.25. The van der Waals surface area contributed by atoms with Crippen LogP contribution in [0.3, 0.4) is 0 Å². The number of esters is 1. The second-order valence-electron chi connectivity index (χ2n) is 8.57. The number of Topliss-reactive ketones (excluding diaryl/α,β-unsaturated/α-hetero) is 1. The molecule has 0 N–H and O–H groups in total. The first-order chi connectivity index (χ1) is 18.4. The maximum atomic E-state index is 13.4. The van der Waals surface area contributed by atoms with E-state index >= 15 is 0 Å². The van der Waals surface area contributed by atoms with Gasteiger partial charge in [-0.2, -0.15) is 0 Å². The van der Waals surface area contributed by atoms with E-state index in [1.165, 1.54) is 28.4 Å². The first kappa shape index (κ1) is 25.0. The average molecular weight is 519 g/mol. The lowest BCUT2D eigenvalue weighted by atomic mass is 9.84. The quantitative estimate of drug-likeness (QED) is 0.248. The zero-order valence-electron chi connectivity index (χ0n) is 21.6. The van der Waals surface area contributed by atoms with Crippen LogP contribution in [0.1, 0.15) is 39.4 Å². The number of carbonyl (C=O) groups is 2. The SMILES string of the molecule is COc1cccc(/C=C2\Oc3c(ccc4c3[C@@H](c3cc(OC)c(OC)c(OC)c3)CC(=O)O4)C2=O)c1OC. The molecular formula is C29H26O9. The minimum Gasteiger partial charge on any atom is -0.493 e. The predicted molar refractivity (Wildman–Crippen MR) is 137 cm³/mol. The number of para-hydroxylation sites is 1. The van der Waals surface area contributed by atoms with Gasteiger partial charge in [0.25, 0.3) is 0 Å². The van der Waals surface area contributed by atoms with Crippen molar-refractivity contribution in [2.45, 2.75) is 12.3 Å². The van der Waals surface area contributed by atoms with Crippen molar-refractivity contribution in [3.63, 3.8) is 0 Å². The Morgan fingerprint density at radius 2 is 1.47 bits per heavy atom. The summed E-state index contributed by atoms with van der Waals surface area (Å²) in [6.07, 6.45) is 1.64. The van der Waals surface area contributed by atoms with Gasteiger partial charge in [-0.25, -0.2) is 0 Å². The van der Waals surface area contributed by atoms with Gasteiger partial charge in [-0.05, 0) is 42.0 Å². The van der Waals surface area contributed by atoms with E-state index < -0.39 is 11.9 Å². The van der Waals surface area contributed by atoms with Crippen molar-refractivity contribution < 1.29 is 42.7 Å². The van der Waals surface area contributed by atoms with Crippen molar-refractivity contribution in [1.82, 2.24) is 0 Å². The van der Waals surface area contributed by atoms with Crippen LogP contribution in [0, 0.1) is 0 Å². The second-order valence-corrected chi connectivity index (χ2v) is 8.57. The summed E-state index contributed by atoms with van der Waals surface area (Å²) in [4.78, 5) is 26.0. The van der Waals surface area contributed by atoms with Crippen molar-refractivity contribution in [2.75, 3.05) is 35.5 Å². The van der Waals surface area contributed by atoms with Crippen LogP contribution < -0.4 is 33.2 Å². The van der Waals surface area contributed by atoms with Crippen molar-refractivity contribution in [3.8, 4) is 40.2 Å². The van der Waals surface area contributed by atoms with Gasteiger partial charge >= 0.3 is 5.97 Å². The maximum Gasteiger partial charge on any atom is 0.312 e. The largest absolute Gasteiger partial charge is 0.493 e. The van der Waals surface area contributed by atoms with Crippen LogP contribution >= 0.6 is 0 Å². The van der Waals surface area contributed by atoms with E-state index in [1.54, 1.807) is 55.7 Å². The lowest BCUT2D eigenvalue weighted by Gasteiger charge is -2.27. The molecule has 5 rings (SSSR count). The molecule has 0 amide bonds. The molecule has 0 aliphatic carbocycles. The predicted octanol–water partition coefficient (Wildman–Crippen LogP) is 4.79. The fraction of sp³-hybridized carbons (Fsp3) is 0.241. The molecule has 0 aromatic heterocycles. The summed E-state index contributed by atoms with van der Waals surface area (Å²) in [6.45, 7) is 0. The van der Waals surface area contributed by atoms with Crippen LogP contribution in [-0.2, 0) is 4.79 Å². The molecule has 2 aliphatic rings. The molecule has 0 saturated carbocycles. The highest BCUT2D eigenvalue weighted by Crippen LogP contribution is 2.51. The molecule has 2 heterocycles. The number of hydrogen-bond donors (Lipinski definition) is 0. The van der Waals surface area contributed by atoms with Gasteiger partial charge in [0.05, 0.1) is 47.5 Å². The van der Waals surface area contributed by atoms with Crippen LogP contribution in [0.15, 0.2) is 48.2 Å². The molecule has 196 valence electrons. The number of allylic oxidation sites excluding steroid dienone is 1. The molecule has 0 bridgehead atoms. The van der Waals surface area contributed by atoms with Gasteiger partial charge in [-0.3, -0.25) is 9.59 Å². The van der Waals surface area contributed by atoms with Gasteiger partial charge in [0.1, 0.15) is 11.5 Å². The van der Waals surface area contributed by atoms with E-state index in [2.05, 4.69) is 0 Å². The van der Waals surface area contributed by atoms with Gasteiger partial charge in [0, 0.05) is 17.0 Å². The Bertz CT molecular complexity index is 1450. The van der Waals surface area contributed by atoms with Crippen LogP contribution in [0.2, 0.25) is 0 Å². The number of methoxy groups -OCH3 is 5. The fourth-order valence-corrected chi connectivity index (χ4v) is 4.86. The molecule has 9 nitrogen and oxygen atoms in total. The summed E-state index contributed by atoms with van der Waals surface area (Å²) in [5, 5.41) is 0. The topological polar surface area (TPSA) is 98.8 Å². The number of carbonyl (C=O) groups excluding carboxylic acids is 2. The lowest BCUT2D eigenvalue weighted by molar-refractivity contribution is -0.135. The van der Waals surface area contributed by atoms with Crippen LogP contribution in [-0.4, -0.2) is 47.3 Å². The van der Waals surface area contributed by atoms with Gasteiger partial charge in [0.15, 0.2) is 28.8 Å². The molecular weight excluding hydrogens is 492 g/mol. The number of hydrogen-bond acceptors (Lipinski definition) is 9. The molecule has 3 aromatic carbocycles. The standard InChI is InChI=1S/C29H26O9/c1-32-20-8-6-7-15(27(20)35-4)11-21-26(31)17-9-10-19-25(28(17)38-21)18(14-24(30)37-19)16-12-22(33-2)29(36-5)23(13-16)34-3/h6-13,18H,14H2,1-5H3/b21-11-/t18-/m1/s1. The maximum absolute atomic E-state index is 13.4.